The number of hydrogen-bond donors (Lipinski definition) is 2. The number of amides is 2. The second-order valence-corrected chi connectivity index (χ2v) is 7.19. The molecule has 0 radical (unpaired) electrons. The van der Waals surface area contributed by atoms with Gasteiger partial charge in [-0.1, -0.05) is 41.9 Å². The van der Waals surface area contributed by atoms with Crippen LogP contribution < -0.4 is 10.6 Å². The molecule has 0 aliphatic carbocycles. The molecule has 0 aliphatic heterocycles. The van der Waals surface area contributed by atoms with Crippen molar-refractivity contribution in [3.8, 4) is 0 Å². The van der Waals surface area contributed by atoms with Gasteiger partial charge < -0.3 is 10.6 Å². The topological polar surface area (TPSA) is 61.4 Å². The number of carbonyl (C=O) groups excluding carboxylic acids is 2. The molecule has 5 nitrogen and oxygen atoms in total. The Kier molecular flexibility index (Phi) is 7.39. The van der Waals surface area contributed by atoms with Gasteiger partial charge in [0.2, 0.25) is 11.8 Å². The van der Waals surface area contributed by atoms with Gasteiger partial charge in [-0.25, -0.2) is 0 Å². The minimum Gasteiger partial charge on any atom is -0.346 e. The van der Waals surface area contributed by atoms with Crippen LogP contribution in [0.25, 0.3) is 0 Å². The smallest absolute Gasteiger partial charge is 0.243 e. The fourth-order valence-corrected chi connectivity index (χ4v) is 2.85. The van der Waals surface area contributed by atoms with E-state index in [9.17, 15) is 9.59 Å². The van der Waals surface area contributed by atoms with E-state index < -0.39 is 0 Å². The summed E-state index contributed by atoms with van der Waals surface area (Å²) in [5.41, 5.74) is 3.84. The van der Waals surface area contributed by atoms with E-state index in [1.165, 1.54) is 0 Å². The summed E-state index contributed by atoms with van der Waals surface area (Å²) in [7, 11) is 1.87. The summed E-state index contributed by atoms with van der Waals surface area (Å²) in [6.45, 7) is 6.24. The van der Waals surface area contributed by atoms with Crippen LogP contribution in [0.15, 0.2) is 42.5 Å². The van der Waals surface area contributed by atoms with E-state index in [2.05, 4.69) is 10.6 Å². The van der Waals surface area contributed by atoms with Crippen LogP contribution in [0.1, 0.15) is 23.6 Å². The first-order valence-electron chi connectivity index (χ1n) is 8.86. The molecule has 2 N–H and O–H groups in total. The lowest BCUT2D eigenvalue weighted by Crippen LogP contribution is -2.45. The van der Waals surface area contributed by atoms with Gasteiger partial charge in [0.15, 0.2) is 0 Å². The first-order valence-corrected chi connectivity index (χ1v) is 9.24. The molecule has 1 atom stereocenters. The van der Waals surface area contributed by atoms with Gasteiger partial charge in [-0.05, 0) is 56.6 Å². The molecule has 0 fully saturated rings. The van der Waals surface area contributed by atoms with Crippen molar-refractivity contribution in [2.24, 2.45) is 0 Å². The SMILES string of the molecule is Cc1cccc(C)c1NC(=O)CNC(=O)[C@@H](C)N(C)Cc1ccc(Cl)cc1. The normalized spacial score (nSPS) is 11.9. The van der Waals surface area contributed by atoms with Gasteiger partial charge in [0, 0.05) is 17.3 Å². The minimum absolute atomic E-state index is 0.0638. The highest BCUT2D eigenvalue weighted by Crippen LogP contribution is 2.19. The third kappa shape index (κ3) is 6.08. The van der Waals surface area contributed by atoms with Crippen molar-refractivity contribution in [2.75, 3.05) is 18.9 Å². The van der Waals surface area contributed by atoms with Crippen LogP contribution in [0.2, 0.25) is 5.02 Å². The molecule has 0 saturated heterocycles. The molecule has 0 spiro atoms. The van der Waals surface area contributed by atoms with Crippen molar-refractivity contribution in [2.45, 2.75) is 33.4 Å². The van der Waals surface area contributed by atoms with Crippen LogP contribution >= 0.6 is 11.6 Å². The summed E-state index contributed by atoms with van der Waals surface area (Å²) in [4.78, 5) is 26.5. The number of halogens is 1. The molecule has 0 unspecified atom stereocenters. The number of hydrogen-bond acceptors (Lipinski definition) is 3. The van der Waals surface area contributed by atoms with Gasteiger partial charge in [-0.15, -0.1) is 0 Å². The Hall–Kier alpha value is -2.37. The molecule has 2 rings (SSSR count). The molecule has 0 saturated carbocycles. The summed E-state index contributed by atoms with van der Waals surface area (Å²) < 4.78 is 0. The lowest BCUT2D eigenvalue weighted by atomic mass is 10.1. The van der Waals surface area contributed by atoms with E-state index in [0.29, 0.717) is 11.6 Å². The second kappa shape index (κ2) is 9.53. The van der Waals surface area contributed by atoms with Crippen molar-refractivity contribution >= 4 is 29.1 Å². The number of likely N-dealkylation sites (N-methyl/N-ethyl adjacent to an activating group) is 1. The second-order valence-electron chi connectivity index (χ2n) is 6.75. The van der Waals surface area contributed by atoms with E-state index in [-0.39, 0.29) is 24.4 Å². The quantitative estimate of drug-likeness (QED) is 0.764. The molecular formula is C21H26ClN3O2. The number of benzene rings is 2. The van der Waals surface area contributed by atoms with Crippen LogP contribution in [-0.2, 0) is 16.1 Å². The number of para-hydroxylation sites is 1. The number of carbonyl (C=O) groups is 2. The highest BCUT2D eigenvalue weighted by atomic mass is 35.5. The van der Waals surface area contributed by atoms with Crippen LogP contribution in [-0.4, -0.2) is 36.3 Å². The van der Waals surface area contributed by atoms with E-state index in [1.807, 2.05) is 75.2 Å². The fourth-order valence-electron chi connectivity index (χ4n) is 2.73. The van der Waals surface area contributed by atoms with E-state index in [1.54, 1.807) is 0 Å². The van der Waals surface area contributed by atoms with Crippen LogP contribution in [0.3, 0.4) is 0 Å². The van der Waals surface area contributed by atoms with E-state index >= 15 is 0 Å². The maximum atomic E-state index is 12.4. The Morgan fingerprint density at radius 2 is 1.67 bits per heavy atom. The Morgan fingerprint density at radius 3 is 2.26 bits per heavy atom. The lowest BCUT2D eigenvalue weighted by molar-refractivity contribution is -0.127. The van der Waals surface area contributed by atoms with Crippen LogP contribution in [0, 0.1) is 13.8 Å². The highest BCUT2D eigenvalue weighted by Gasteiger charge is 2.19. The Morgan fingerprint density at radius 1 is 1.07 bits per heavy atom. The van der Waals surface area contributed by atoms with Gasteiger partial charge in [0.25, 0.3) is 0 Å². The first kappa shape index (κ1) is 20.9. The predicted molar refractivity (Wildman–Crippen MR) is 110 cm³/mol. The molecule has 6 heteroatoms. The number of nitrogens with one attached hydrogen (secondary N) is 2. The van der Waals surface area contributed by atoms with Gasteiger partial charge in [0.05, 0.1) is 12.6 Å². The zero-order chi connectivity index (χ0) is 20.0. The maximum Gasteiger partial charge on any atom is 0.243 e. The van der Waals surface area contributed by atoms with Gasteiger partial charge in [0.1, 0.15) is 0 Å². The number of anilines is 1. The summed E-state index contributed by atoms with van der Waals surface area (Å²) >= 11 is 5.89. The molecule has 27 heavy (non-hydrogen) atoms. The number of nitrogens with zero attached hydrogens (tertiary/aromatic N) is 1. The van der Waals surface area contributed by atoms with Gasteiger partial charge in [-0.3, -0.25) is 14.5 Å². The molecule has 0 bridgehead atoms. The van der Waals surface area contributed by atoms with Crippen LogP contribution in [0.4, 0.5) is 5.69 Å². The van der Waals surface area contributed by atoms with Crippen molar-refractivity contribution in [1.82, 2.24) is 10.2 Å². The Labute approximate surface area is 165 Å². The third-order valence-corrected chi connectivity index (χ3v) is 4.81. The van der Waals surface area contributed by atoms with Crippen molar-refractivity contribution < 1.29 is 9.59 Å². The lowest BCUT2D eigenvalue weighted by Gasteiger charge is -2.24. The number of aryl methyl sites for hydroxylation is 2. The highest BCUT2D eigenvalue weighted by molar-refractivity contribution is 6.30. The van der Waals surface area contributed by atoms with Gasteiger partial charge in [-0.2, -0.15) is 0 Å². The molecule has 2 amide bonds. The fraction of sp³-hybridized carbons (Fsp3) is 0.333. The molecular weight excluding hydrogens is 362 g/mol. The molecule has 2 aromatic rings. The average molecular weight is 388 g/mol. The molecule has 0 aliphatic rings. The zero-order valence-corrected chi connectivity index (χ0v) is 16.9. The number of rotatable bonds is 7. The zero-order valence-electron chi connectivity index (χ0n) is 16.2. The molecule has 0 heterocycles. The average Bonchev–Trinajstić information content (AvgIpc) is 2.64. The summed E-state index contributed by atoms with van der Waals surface area (Å²) in [5.74, 6) is -0.434. The van der Waals surface area contributed by atoms with Crippen molar-refractivity contribution in [3.63, 3.8) is 0 Å². The summed E-state index contributed by atoms with van der Waals surface area (Å²) in [6.07, 6.45) is 0. The van der Waals surface area contributed by atoms with Crippen molar-refractivity contribution in [1.29, 1.82) is 0 Å². The largest absolute Gasteiger partial charge is 0.346 e. The third-order valence-electron chi connectivity index (χ3n) is 4.55. The van der Waals surface area contributed by atoms with E-state index in [0.717, 1.165) is 22.4 Å². The summed E-state index contributed by atoms with van der Waals surface area (Å²) in [5, 5.41) is 6.25. The standard InChI is InChI=1S/C21H26ClN3O2/c1-14-6-5-7-15(2)20(14)24-19(26)12-23-21(27)16(3)25(4)13-17-8-10-18(22)11-9-17/h5-11,16H,12-13H2,1-4H3,(H,23,27)(H,24,26)/t16-/m1/s1. The molecule has 144 valence electrons. The Balaban J connectivity index is 1.84. The monoisotopic (exact) mass is 387 g/mol. The minimum atomic E-state index is -0.367. The van der Waals surface area contributed by atoms with Crippen LogP contribution in [0.5, 0.6) is 0 Å². The van der Waals surface area contributed by atoms with Gasteiger partial charge >= 0.3 is 0 Å². The first-order chi connectivity index (χ1) is 12.8. The predicted octanol–water partition coefficient (Wildman–Crippen LogP) is 3.53. The summed E-state index contributed by atoms with van der Waals surface area (Å²) in [6, 6.07) is 13.0. The van der Waals surface area contributed by atoms with E-state index in [4.69, 9.17) is 11.6 Å². The van der Waals surface area contributed by atoms with Crippen molar-refractivity contribution in [3.05, 3.63) is 64.2 Å². The maximum absolute atomic E-state index is 12.4. The molecule has 2 aromatic carbocycles. The Bertz CT molecular complexity index is 785. The molecule has 0 aromatic heterocycles.